The van der Waals surface area contributed by atoms with Gasteiger partial charge in [-0.3, -0.25) is 0 Å². The molecule has 1 atom stereocenters. The van der Waals surface area contributed by atoms with Gasteiger partial charge in [0.25, 0.3) is 0 Å². The number of carboxylic acids is 1. The number of aliphatic carboxylic acids is 1. The minimum atomic E-state index is -4.81. The van der Waals surface area contributed by atoms with Gasteiger partial charge in [0, 0.05) is 0 Å². The fourth-order valence-corrected chi connectivity index (χ4v) is 1.92. The fraction of sp³-hybridized carbons (Fsp3) is 0.357. The van der Waals surface area contributed by atoms with Gasteiger partial charge >= 0.3 is 6.36 Å². The summed E-state index contributed by atoms with van der Waals surface area (Å²) in [5, 5.41) is 11.3. The highest BCUT2D eigenvalue weighted by Crippen LogP contribution is 2.33. The molecular weight excluding hydrogens is 273 g/mol. The fourth-order valence-electron chi connectivity index (χ4n) is 1.92. The maximum absolute atomic E-state index is 12.0. The van der Waals surface area contributed by atoms with E-state index in [1.165, 1.54) is 12.1 Å². The third-order valence-corrected chi connectivity index (χ3v) is 2.96. The Morgan fingerprint density at radius 2 is 1.80 bits per heavy atom. The van der Waals surface area contributed by atoms with E-state index in [0.717, 1.165) is 12.1 Å². The van der Waals surface area contributed by atoms with Crippen LogP contribution in [0.25, 0.3) is 0 Å². The molecule has 0 aromatic heterocycles. The van der Waals surface area contributed by atoms with Gasteiger partial charge in [0.05, 0.1) is 11.4 Å². The highest BCUT2D eigenvalue weighted by molar-refractivity contribution is 5.84. The third-order valence-electron chi connectivity index (χ3n) is 2.96. The number of carboxylic acid groups (broad SMARTS) is 1. The van der Waals surface area contributed by atoms with Crippen molar-refractivity contribution in [1.82, 2.24) is 0 Å². The van der Waals surface area contributed by atoms with E-state index in [-0.39, 0.29) is 5.56 Å². The van der Waals surface area contributed by atoms with E-state index in [1.807, 2.05) is 0 Å². The van der Waals surface area contributed by atoms with E-state index in [1.54, 1.807) is 13.8 Å². The van der Waals surface area contributed by atoms with E-state index < -0.39 is 29.4 Å². The SMILES string of the molecule is C#CC(C(=O)[O-])(c1ccc(OC(F)(F)F)cc1)C(C)C. The van der Waals surface area contributed by atoms with Gasteiger partial charge in [0.15, 0.2) is 0 Å². The number of carbonyl (C=O) groups is 1. The van der Waals surface area contributed by atoms with Crippen LogP contribution in [0.3, 0.4) is 0 Å². The molecule has 0 N–H and O–H groups in total. The summed E-state index contributed by atoms with van der Waals surface area (Å²) in [6, 6.07) is 4.41. The summed E-state index contributed by atoms with van der Waals surface area (Å²) < 4.78 is 39.8. The molecular formula is C14H12F3O3-. The van der Waals surface area contributed by atoms with E-state index in [4.69, 9.17) is 6.42 Å². The zero-order chi connectivity index (χ0) is 15.6. The van der Waals surface area contributed by atoms with Crippen molar-refractivity contribution in [1.29, 1.82) is 0 Å². The third kappa shape index (κ3) is 3.05. The number of ether oxygens (including phenoxy) is 1. The lowest BCUT2D eigenvalue weighted by Crippen LogP contribution is -2.48. The molecule has 1 aromatic rings. The molecule has 3 nitrogen and oxygen atoms in total. The number of carbonyl (C=O) groups excluding carboxylic acids is 1. The van der Waals surface area contributed by atoms with Crippen molar-refractivity contribution >= 4 is 5.97 Å². The maximum Gasteiger partial charge on any atom is 0.573 e. The largest absolute Gasteiger partial charge is 0.573 e. The number of halogens is 3. The number of alkyl halides is 3. The van der Waals surface area contributed by atoms with Crippen LogP contribution in [-0.2, 0) is 10.2 Å². The van der Waals surface area contributed by atoms with Crippen LogP contribution in [0, 0.1) is 18.3 Å². The Bertz CT molecular complexity index is 526. The number of rotatable bonds is 4. The van der Waals surface area contributed by atoms with Crippen LogP contribution >= 0.6 is 0 Å². The van der Waals surface area contributed by atoms with Crippen LogP contribution in [0.15, 0.2) is 24.3 Å². The lowest BCUT2D eigenvalue weighted by atomic mass is 9.72. The minimum absolute atomic E-state index is 0.171. The van der Waals surface area contributed by atoms with Gasteiger partial charge in [-0.25, -0.2) is 0 Å². The second-order valence-corrected chi connectivity index (χ2v) is 4.47. The predicted molar refractivity (Wildman–Crippen MR) is 63.5 cm³/mol. The monoisotopic (exact) mass is 285 g/mol. The van der Waals surface area contributed by atoms with Crippen molar-refractivity contribution in [2.75, 3.05) is 0 Å². The van der Waals surface area contributed by atoms with E-state index in [2.05, 4.69) is 10.7 Å². The Hall–Kier alpha value is -2.16. The molecule has 0 saturated carbocycles. The Morgan fingerprint density at radius 3 is 2.10 bits per heavy atom. The first kappa shape index (κ1) is 15.9. The Labute approximate surface area is 114 Å². The van der Waals surface area contributed by atoms with Crippen molar-refractivity contribution in [2.45, 2.75) is 25.6 Å². The van der Waals surface area contributed by atoms with E-state index in [9.17, 15) is 23.1 Å². The topological polar surface area (TPSA) is 49.4 Å². The van der Waals surface area contributed by atoms with Gasteiger partial charge in [-0.1, -0.05) is 31.9 Å². The molecule has 108 valence electrons. The standard InChI is InChI=1S/C14H13F3O3/c1-4-13(9(2)3,12(18)19)10-5-7-11(8-6-10)20-14(15,16)17/h1,5-9H,2-3H3,(H,18,19)/p-1. The Balaban J connectivity index is 3.20. The van der Waals surface area contributed by atoms with Gasteiger partial charge < -0.3 is 14.6 Å². The molecule has 0 fully saturated rings. The average Bonchev–Trinajstić information content (AvgIpc) is 2.29. The van der Waals surface area contributed by atoms with E-state index >= 15 is 0 Å². The molecule has 0 bridgehead atoms. The summed E-state index contributed by atoms with van der Waals surface area (Å²) in [5.74, 6) is -0.243. The molecule has 0 radical (unpaired) electrons. The van der Waals surface area contributed by atoms with E-state index in [0.29, 0.717) is 0 Å². The van der Waals surface area contributed by atoms with Gasteiger partial charge in [-0.2, -0.15) is 0 Å². The molecule has 6 heteroatoms. The first-order valence-corrected chi connectivity index (χ1v) is 5.69. The summed E-state index contributed by atoms with van der Waals surface area (Å²) in [4.78, 5) is 11.3. The predicted octanol–water partition coefficient (Wildman–Crippen LogP) is 1.86. The molecule has 0 aliphatic heterocycles. The quantitative estimate of drug-likeness (QED) is 0.793. The van der Waals surface area contributed by atoms with Crippen molar-refractivity contribution in [2.24, 2.45) is 5.92 Å². The van der Waals surface area contributed by atoms with Crippen LogP contribution in [0.5, 0.6) is 5.75 Å². The average molecular weight is 285 g/mol. The van der Waals surface area contributed by atoms with Gasteiger partial charge in [-0.05, 0) is 23.6 Å². The molecule has 1 unspecified atom stereocenters. The van der Waals surface area contributed by atoms with Gasteiger partial charge in [0.1, 0.15) is 5.75 Å². The molecule has 0 aliphatic rings. The highest BCUT2D eigenvalue weighted by Gasteiger charge is 2.36. The van der Waals surface area contributed by atoms with Crippen molar-refractivity contribution in [3.8, 4) is 18.1 Å². The highest BCUT2D eigenvalue weighted by atomic mass is 19.4. The number of benzene rings is 1. The summed E-state index contributed by atoms with van der Waals surface area (Å²) >= 11 is 0. The molecule has 0 aliphatic carbocycles. The molecule has 1 aromatic carbocycles. The maximum atomic E-state index is 12.0. The number of hydrogen-bond acceptors (Lipinski definition) is 3. The normalized spacial score (nSPS) is 14.4. The summed E-state index contributed by atoms with van der Waals surface area (Å²) in [7, 11) is 0. The van der Waals surface area contributed by atoms with Gasteiger partial charge in [-0.15, -0.1) is 19.6 Å². The zero-order valence-electron chi connectivity index (χ0n) is 10.8. The lowest BCUT2D eigenvalue weighted by molar-refractivity contribution is -0.313. The second kappa shape index (κ2) is 5.45. The molecule has 0 heterocycles. The Kier molecular flexibility index (Phi) is 4.33. The summed E-state index contributed by atoms with van der Waals surface area (Å²) in [6.07, 6.45) is 0.491. The summed E-state index contributed by atoms with van der Waals surface area (Å²) in [6.45, 7) is 3.19. The number of terminal acetylenes is 1. The van der Waals surface area contributed by atoms with Crippen LogP contribution < -0.4 is 9.84 Å². The second-order valence-electron chi connectivity index (χ2n) is 4.47. The van der Waals surface area contributed by atoms with Crippen LogP contribution in [0.4, 0.5) is 13.2 Å². The number of hydrogen-bond donors (Lipinski definition) is 0. The van der Waals surface area contributed by atoms with Crippen molar-refractivity contribution < 1.29 is 27.8 Å². The molecule has 0 amide bonds. The lowest BCUT2D eigenvalue weighted by Gasteiger charge is -2.34. The van der Waals surface area contributed by atoms with Crippen molar-refractivity contribution in [3.05, 3.63) is 29.8 Å². The molecule has 0 spiro atoms. The van der Waals surface area contributed by atoms with Crippen LogP contribution in [0.2, 0.25) is 0 Å². The smallest absolute Gasteiger partial charge is 0.548 e. The van der Waals surface area contributed by atoms with Crippen LogP contribution in [-0.4, -0.2) is 12.3 Å². The first-order chi connectivity index (χ1) is 9.13. The zero-order valence-corrected chi connectivity index (χ0v) is 10.8. The van der Waals surface area contributed by atoms with Crippen LogP contribution in [0.1, 0.15) is 19.4 Å². The van der Waals surface area contributed by atoms with Crippen molar-refractivity contribution in [3.63, 3.8) is 0 Å². The summed E-state index contributed by atoms with van der Waals surface area (Å²) in [5.41, 5.74) is -1.53. The molecule has 20 heavy (non-hydrogen) atoms. The van der Waals surface area contributed by atoms with Gasteiger partial charge in [0.2, 0.25) is 0 Å². The first-order valence-electron chi connectivity index (χ1n) is 5.69. The minimum Gasteiger partial charge on any atom is -0.548 e. The molecule has 0 saturated heterocycles. The Morgan fingerprint density at radius 1 is 1.30 bits per heavy atom. The molecule has 1 rings (SSSR count).